The lowest BCUT2D eigenvalue weighted by Gasteiger charge is -2.27. The van der Waals surface area contributed by atoms with Crippen LogP contribution in [0.4, 0.5) is 0 Å². The number of benzene rings is 2. The second-order valence-corrected chi connectivity index (χ2v) is 7.52. The molecule has 0 unspecified atom stereocenters. The number of aromatic hydroxyl groups is 1. The van der Waals surface area contributed by atoms with E-state index in [1.54, 1.807) is 31.3 Å². The lowest BCUT2D eigenvalue weighted by molar-refractivity contribution is 0.0478. The molecule has 0 saturated carbocycles. The van der Waals surface area contributed by atoms with Gasteiger partial charge in [-0.25, -0.2) is 4.79 Å². The van der Waals surface area contributed by atoms with Crippen LogP contribution in [0.25, 0.3) is 22.2 Å². The van der Waals surface area contributed by atoms with E-state index >= 15 is 0 Å². The van der Waals surface area contributed by atoms with Crippen molar-refractivity contribution < 1.29 is 9.84 Å². The molecule has 5 rings (SSSR count). The second-order valence-electron chi connectivity index (χ2n) is 7.52. The van der Waals surface area contributed by atoms with Crippen LogP contribution in [-0.4, -0.2) is 25.4 Å². The average Bonchev–Trinajstić information content (AvgIpc) is 3.13. The van der Waals surface area contributed by atoms with Crippen LogP contribution in [0.2, 0.25) is 0 Å². The highest BCUT2D eigenvalue weighted by molar-refractivity contribution is 5.96. The topological polar surface area (TPSA) is 78.4 Å². The van der Waals surface area contributed by atoms with Gasteiger partial charge in [0.2, 0.25) is 0 Å². The van der Waals surface area contributed by atoms with Crippen LogP contribution in [0.3, 0.4) is 0 Å². The standard InChI is InChI=1S/C23H21N3O4/c1-24-19-17(22(28)25(2)23(24)29)18(14-6-4-3-5-7-14)26-12-13-30-21(20(19)26)15-8-10-16(27)11-9-15/h3-11,21,27H,12-13H2,1-2H3/t21-/m0/s1. The van der Waals surface area contributed by atoms with Crippen LogP contribution < -0.4 is 11.2 Å². The van der Waals surface area contributed by atoms with E-state index in [2.05, 4.69) is 4.57 Å². The number of aryl methyl sites for hydroxylation is 1. The maximum atomic E-state index is 13.3. The predicted molar refractivity (Wildman–Crippen MR) is 114 cm³/mol. The van der Waals surface area contributed by atoms with E-state index in [1.807, 2.05) is 30.3 Å². The first-order chi connectivity index (χ1) is 14.5. The Kier molecular flexibility index (Phi) is 4.15. The molecule has 0 bridgehead atoms. The fourth-order valence-electron chi connectivity index (χ4n) is 4.38. The highest BCUT2D eigenvalue weighted by atomic mass is 16.5. The van der Waals surface area contributed by atoms with Crippen molar-refractivity contribution in [1.82, 2.24) is 13.7 Å². The van der Waals surface area contributed by atoms with Crippen molar-refractivity contribution in [2.45, 2.75) is 12.6 Å². The Balaban J connectivity index is 1.94. The summed E-state index contributed by atoms with van der Waals surface area (Å²) < 4.78 is 10.9. The molecule has 2 aromatic heterocycles. The molecule has 0 fully saturated rings. The molecule has 0 aliphatic carbocycles. The van der Waals surface area contributed by atoms with Gasteiger partial charge in [0.1, 0.15) is 11.9 Å². The summed E-state index contributed by atoms with van der Waals surface area (Å²) in [5, 5.41) is 10.2. The summed E-state index contributed by atoms with van der Waals surface area (Å²) >= 11 is 0. The Labute approximate surface area is 172 Å². The molecule has 4 aromatic rings. The van der Waals surface area contributed by atoms with Gasteiger partial charge in [-0.1, -0.05) is 42.5 Å². The van der Waals surface area contributed by atoms with Crippen molar-refractivity contribution in [3.8, 4) is 17.0 Å². The number of hydrogen-bond acceptors (Lipinski definition) is 4. The Morgan fingerprint density at radius 1 is 0.967 bits per heavy atom. The fraction of sp³-hybridized carbons (Fsp3) is 0.217. The number of aromatic nitrogens is 3. The van der Waals surface area contributed by atoms with Crippen LogP contribution in [0, 0.1) is 0 Å². The predicted octanol–water partition coefficient (Wildman–Crippen LogP) is 2.53. The van der Waals surface area contributed by atoms with Gasteiger partial charge in [0.05, 0.1) is 28.9 Å². The molecule has 0 saturated heterocycles. The van der Waals surface area contributed by atoms with Crippen molar-refractivity contribution in [2.24, 2.45) is 14.1 Å². The Bertz CT molecular complexity index is 1380. The number of phenols is 1. The van der Waals surface area contributed by atoms with Gasteiger partial charge in [0.15, 0.2) is 0 Å². The minimum atomic E-state index is -0.461. The highest BCUT2D eigenvalue weighted by Crippen LogP contribution is 2.40. The summed E-state index contributed by atoms with van der Waals surface area (Å²) in [6, 6.07) is 16.6. The number of hydrogen-bond donors (Lipinski definition) is 1. The molecule has 30 heavy (non-hydrogen) atoms. The van der Waals surface area contributed by atoms with E-state index in [0.717, 1.165) is 27.1 Å². The van der Waals surface area contributed by atoms with Gasteiger partial charge in [0.25, 0.3) is 5.56 Å². The first-order valence-corrected chi connectivity index (χ1v) is 9.77. The van der Waals surface area contributed by atoms with E-state index in [4.69, 9.17) is 4.74 Å². The summed E-state index contributed by atoms with van der Waals surface area (Å²) in [5.41, 5.74) is 3.22. The van der Waals surface area contributed by atoms with E-state index in [9.17, 15) is 14.7 Å². The molecule has 1 aliphatic heterocycles. The third-order valence-corrected chi connectivity index (χ3v) is 5.80. The lowest BCUT2D eigenvalue weighted by atomic mass is 10.0. The molecule has 1 aliphatic rings. The van der Waals surface area contributed by atoms with Crippen LogP contribution in [-0.2, 0) is 25.4 Å². The summed E-state index contributed by atoms with van der Waals surface area (Å²) in [5.74, 6) is 0.168. The zero-order chi connectivity index (χ0) is 21.0. The van der Waals surface area contributed by atoms with Crippen LogP contribution in [0.15, 0.2) is 64.2 Å². The van der Waals surface area contributed by atoms with Crippen molar-refractivity contribution in [3.05, 3.63) is 86.7 Å². The Morgan fingerprint density at radius 2 is 1.67 bits per heavy atom. The molecule has 7 nitrogen and oxygen atoms in total. The van der Waals surface area contributed by atoms with Gasteiger partial charge >= 0.3 is 5.69 Å². The summed E-state index contributed by atoms with van der Waals surface area (Å²) in [6.45, 7) is 1.04. The van der Waals surface area contributed by atoms with Crippen molar-refractivity contribution >= 4 is 10.9 Å². The van der Waals surface area contributed by atoms with Crippen LogP contribution in [0.5, 0.6) is 5.75 Å². The van der Waals surface area contributed by atoms with E-state index < -0.39 is 6.10 Å². The number of fused-ring (bicyclic) bond motifs is 3. The first-order valence-electron chi connectivity index (χ1n) is 9.77. The Hall–Kier alpha value is -3.58. The normalized spacial score (nSPS) is 16.0. The molecule has 3 heterocycles. The van der Waals surface area contributed by atoms with Crippen molar-refractivity contribution in [1.29, 1.82) is 0 Å². The first kappa shape index (κ1) is 18.4. The van der Waals surface area contributed by atoms with E-state index in [-0.39, 0.29) is 17.0 Å². The van der Waals surface area contributed by atoms with E-state index in [1.165, 1.54) is 11.6 Å². The molecule has 0 radical (unpaired) electrons. The molecule has 7 heteroatoms. The van der Waals surface area contributed by atoms with E-state index in [0.29, 0.717) is 24.1 Å². The van der Waals surface area contributed by atoms with Gasteiger partial charge in [-0.05, 0) is 23.3 Å². The number of ether oxygens (including phenoxy) is 1. The molecular formula is C23H21N3O4. The maximum absolute atomic E-state index is 13.3. The van der Waals surface area contributed by atoms with Crippen molar-refractivity contribution in [3.63, 3.8) is 0 Å². The van der Waals surface area contributed by atoms with Crippen LogP contribution in [0.1, 0.15) is 17.4 Å². The second kappa shape index (κ2) is 6.74. The smallest absolute Gasteiger partial charge is 0.331 e. The average molecular weight is 403 g/mol. The molecule has 1 atom stereocenters. The Morgan fingerprint density at radius 3 is 2.37 bits per heavy atom. The van der Waals surface area contributed by atoms with Gasteiger partial charge in [0, 0.05) is 20.6 Å². The van der Waals surface area contributed by atoms with Gasteiger partial charge < -0.3 is 14.4 Å². The monoisotopic (exact) mass is 403 g/mol. The quantitative estimate of drug-likeness (QED) is 0.558. The highest BCUT2D eigenvalue weighted by Gasteiger charge is 2.32. The lowest BCUT2D eigenvalue weighted by Crippen LogP contribution is -2.37. The fourth-order valence-corrected chi connectivity index (χ4v) is 4.38. The van der Waals surface area contributed by atoms with Gasteiger partial charge in [-0.2, -0.15) is 0 Å². The largest absolute Gasteiger partial charge is 0.508 e. The SMILES string of the molecule is Cn1c(=O)c2c(-c3ccccc3)n3c(c2n(C)c1=O)[C@H](c1ccc(O)cc1)OCC3. The number of phenolic OH excluding ortho intramolecular Hbond substituents is 1. The molecule has 2 aromatic carbocycles. The van der Waals surface area contributed by atoms with Gasteiger partial charge in [-0.15, -0.1) is 0 Å². The third kappa shape index (κ3) is 2.55. The summed E-state index contributed by atoms with van der Waals surface area (Å²) in [7, 11) is 3.19. The summed E-state index contributed by atoms with van der Waals surface area (Å²) in [6.07, 6.45) is -0.461. The molecule has 152 valence electrons. The van der Waals surface area contributed by atoms with Crippen molar-refractivity contribution in [2.75, 3.05) is 6.61 Å². The number of rotatable bonds is 2. The summed E-state index contributed by atoms with van der Waals surface area (Å²) in [4.78, 5) is 26.0. The molecule has 1 N–H and O–H groups in total. The zero-order valence-electron chi connectivity index (χ0n) is 16.7. The minimum Gasteiger partial charge on any atom is -0.508 e. The van der Waals surface area contributed by atoms with Crippen LogP contribution >= 0.6 is 0 Å². The maximum Gasteiger partial charge on any atom is 0.331 e. The number of nitrogens with zero attached hydrogens (tertiary/aromatic N) is 3. The van der Waals surface area contributed by atoms with Gasteiger partial charge in [-0.3, -0.25) is 13.9 Å². The molecule has 0 amide bonds. The third-order valence-electron chi connectivity index (χ3n) is 5.80. The minimum absolute atomic E-state index is 0.168. The molecule has 0 spiro atoms. The molecular weight excluding hydrogens is 382 g/mol. The zero-order valence-corrected chi connectivity index (χ0v) is 16.7.